The minimum Gasteiger partial charge on any atom is -0.330 e. The van der Waals surface area contributed by atoms with Gasteiger partial charge in [0.2, 0.25) is 0 Å². The van der Waals surface area contributed by atoms with Gasteiger partial charge in [-0.1, -0.05) is 23.7 Å². The first kappa shape index (κ1) is 15.8. The van der Waals surface area contributed by atoms with Crippen molar-refractivity contribution in [2.45, 2.75) is 19.3 Å². The fourth-order valence-electron chi connectivity index (χ4n) is 2.64. The third kappa shape index (κ3) is 3.03. The Labute approximate surface area is 134 Å². The number of carbonyl (C=O) groups excluding carboxylic acids is 1. The van der Waals surface area contributed by atoms with Crippen molar-refractivity contribution in [3.05, 3.63) is 69.5 Å². The molecule has 1 aliphatic heterocycles. The van der Waals surface area contributed by atoms with Crippen LogP contribution in [-0.2, 0) is 19.3 Å². The lowest BCUT2D eigenvalue weighted by Gasteiger charge is -2.16. The Balaban J connectivity index is 1.94. The van der Waals surface area contributed by atoms with Crippen molar-refractivity contribution in [2.75, 3.05) is 0 Å². The molecule has 0 fully saturated rings. The van der Waals surface area contributed by atoms with Crippen LogP contribution < -0.4 is 0 Å². The number of carbonyl (C=O) groups is 1. The zero-order valence-electron chi connectivity index (χ0n) is 11.6. The normalized spacial score (nSPS) is 14.3. The molecule has 120 valence electrons. The van der Waals surface area contributed by atoms with Crippen LogP contribution in [0, 0.1) is 5.82 Å². The van der Waals surface area contributed by atoms with Crippen LogP contribution in [0.5, 0.6) is 0 Å². The molecule has 2 nitrogen and oxygen atoms in total. The molecule has 2 aromatic carbocycles. The van der Waals surface area contributed by atoms with Gasteiger partial charge < -0.3 is 4.90 Å². The van der Waals surface area contributed by atoms with Gasteiger partial charge >= 0.3 is 6.18 Å². The van der Waals surface area contributed by atoms with Crippen molar-refractivity contribution >= 4 is 17.5 Å². The average molecular weight is 344 g/mol. The maximum atomic E-state index is 13.4. The van der Waals surface area contributed by atoms with Crippen LogP contribution in [-0.4, -0.2) is 10.8 Å². The van der Waals surface area contributed by atoms with E-state index in [1.807, 2.05) is 0 Å². The van der Waals surface area contributed by atoms with Gasteiger partial charge in [0, 0.05) is 18.1 Å². The molecule has 2 aromatic rings. The number of fused-ring (bicyclic) bond motifs is 1. The van der Waals surface area contributed by atoms with Crippen LogP contribution in [0.2, 0.25) is 5.02 Å². The van der Waals surface area contributed by atoms with Crippen molar-refractivity contribution in [1.82, 2.24) is 4.90 Å². The summed E-state index contributed by atoms with van der Waals surface area (Å²) in [4.78, 5) is 13.6. The van der Waals surface area contributed by atoms with E-state index in [-0.39, 0.29) is 18.7 Å². The van der Waals surface area contributed by atoms with E-state index in [1.54, 1.807) is 24.3 Å². The van der Waals surface area contributed by atoms with Crippen LogP contribution in [0.15, 0.2) is 36.4 Å². The minimum absolute atomic E-state index is 0.0521. The number of halogens is 5. The molecule has 0 unspecified atom stereocenters. The Morgan fingerprint density at radius 3 is 2.39 bits per heavy atom. The second kappa shape index (κ2) is 5.53. The molecular weight excluding hydrogens is 334 g/mol. The van der Waals surface area contributed by atoms with Gasteiger partial charge in [0.15, 0.2) is 0 Å². The molecule has 0 saturated heterocycles. The second-order valence-electron chi connectivity index (χ2n) is 5.27. The molecule has 0 N–H and O–H groups in total. The molecular formula is C16H10ClF4NO. The zero-order valence-corrected chi connectivity index (χ0v) is 12.4. The molecule has 0 atom stereocenters. The lowest BCUT2D eigenvalue weighted by atomic mass is 10.0. The molecule has 1 amide bonds. The fraction of sp³-hybridized carbons (Fsp3) is 0.188. The highest BCUT2D eigenvalue weighted by Gasteiger charge is 2.41. The van der Waals surface area contributed by atoms with E-state index in [0.717, 1.165) is 11.6 Å². The highest BCUT2D eigenvalue weighted by molar-refractivity contribution is 6.30. The lowest BCUT2D eigenvalue weighted by molar-refractivity contribution is -0.138. The standard InChI is InChI=1S/C16H10ClF4NO/c17-11-3-1-9(2-4-11)7-22-8-10-5-12(18)6-13(16(19,20)21)14(10)15(22)23/h1-6H,7-8H2. The number of hydrogen-bond donors (Lipinski definition) is 0. The van der Waals surface area contributed by atoms with Crippen molar-refractivity contribution in [3.8, 4) is 0 Å². The molecule has 1 aliphatic rings. The summed E-state index contributed by atoms with van der Waals surface area (Å²) in [5.74, 6) is -1.75. The SMILES string of the molecule is O=C1c2c(cc(F)cc2C(F)(F)F)CN1Cc1ccc(Cl)cc1. The van der Waals surface area contributed by atoms with E-state index in [9.17, 15) is 22.4 Å². The van der Waals surface area contributed by atoms with E-state index in [2.05, 4.69) is 0 Å². The predicted molar refractivity (Wildman–Crippen MR) is 76.4 cm³/mol. The summed E-state index contributed by atoms with van der Waals surface area (Å²) in [5.41, 5.74) is -0.912. The summed E-state index contributed by atoms with van der Waals surface area (Å²) in [6.07, 6.45) is -4.78. The number of benzene rings is 2. The zero-order chi connectivity index (χ0) is 16.8. The molecule has 3 rings (SSSR count). The minimum atomic E-state index is -4.78. The highest BCUT2D eigenvalue weighted by Crippen LogP contribution is 2.38. The van der Waals surface area contributed by atoms with Crippen LogP contribution in [0.1, 0.15) is 27.0 Å². The monoisotopic (exact) mass is 343 g/mol. The molecule has 23 heavy (non-hydrogen) atoms. The van der Waals surface area contributed by atoms with E-state index in [4.69, 9.17) is 11.6 Å². The van der Waals surface area contributed by atoms with Gasteiger partial charge in [0.25, 0.3) is 5.91 Å². The quantitative estimate of drug-likeness (QED) is 0.727. The molecule has 0 bridgehead atoms. The molecule has 0 saturated carbocycles. The highest BCUT2D eigenvalue weighted by atomic mass is 35.5. The van der Waals surface area contributed by atoms with Gasteiger partial charge in [-0.05, 0) is 35.4 Å². The van der Waals surface area contributed by atoms with Gasteiger partial charge in [-0.2, -0.15) is 13.2 Å². The van der Waals surface area contributed by atoms with Gasteiger partial charge in [0.05, 0.1) is 11.1 Å². The Morgan fingerprint density at radius 2 is 1.78 bits per heavy atom. The Bertz CT molecular complexity index is 771. The van der Waals surface area contributed by atoms with Gasteiger partial charge in [-0.25, -0.2) is 4.39 Å². The number of rotatable bonds is 2. The van der Waals surface area contributed by atoms with E-state index >= 15 is 0 Å². The van der Waals surface area contributed by atoms with Crippen LogP contribution in [0.25, 0.3) is 0 Å². The number of amides is 1. The van der Waals surface area contributed by atoms with Crippen LogP contribution in [0.4, 0.5) is 17.6 Å². The van der Waals surface area contributed by atoms with E-state index < -0.39 is 29.0 Å². The lowest BCUT2D eigenvalue weighted by Crippen LogP contribution is -2.24. The number of alkyl halides is 3. The Kier molecular flexibility index (Phi) is 3.80. The Hall–Kier alpha value is -2.08. The molecule has 7 heteroatoms. The van der Waals surface area contributed by atoms with E-state index in [1.165, 1.54) is 4.90 Å². The predicted octanol–water partition coefficient (Wildman–Crippen LogP) is 4.65. The van der Waals surface area contributed by atoms with Crippen molar-refractivity contribution < 1.29 is 22.4 Å². The first-order chi connectivity index (χ1) is 10.8. The average Bonchev–Trinajstić information content (AvgIpc) is 2.76. The maximum absolute atomic E-state index is 13.4. The molecule has 0 radical (unpaired) electrons. The summed E-state index contributed by atoms with van der Waals surface area (Å²) in [7, 11) is 0. The second-order valence-corrected chi connectivity index (χ2v) is 5.71. The molecule has 0 aliphatic carbocycles. The Morgan fingerprint density at radius 1 is 1.13 bits per heavy atom. The summed E-state index contributed by atoms with van der Waals surface area (Å²) in [6.45, 7) is 0.0707. The molecule has 0 aromatic heterocycles. The summed E-state index contributed by atoms with van der Waals surface area (Å²) in [5, 5.41) is 0.520. The maximum Gasteiger partial charge on any atom is 0.417 e. The fourth-order valence-corrected chi connectivity index (χ4v) is 2.76. The van der Waals surface area contributed by atoms with Crippen LogP contribution >= 0.6 is 11.6 Å². The summed E-state index contributed by atoms with van der Waals surface area (Å²) in [6, 6.07) is 7.97. The molecule has 0 spiro atoms. The van der Waals surface area contributed by atoms with Gasteiger partial charge in [-0.3, -0.25) is 4.79 Å². The smallest absolute Gasteiger partial charge is 0.330 e. The van der Waals surface area contributed by atoms with Gasteiger partial charge in [0.1, 0.15) is 5.82 Å². The number of nitrogens with zero attached hydrogens (tertiary/aromatic N) is 1. The summed E-state index contributed by atoms with van der Waals surface area (Å²) < 4.78 is 52.6. The van der Waals surface area contributed by atoms with Gasteiger partial charge in [-0.15, -0.1) is 0 Å². The van der Waals surface area contributed by atoms with Crippen molar-refractivity contribution in [1.29, 1.82) is 0 Å². The van der Waals surface area contributed by atoms with Crippen molar-refractivity contribution in [2.24, 2.45) is 0 Å². The third-order valence-electron chi connectivity index (χ3n) is 3.64. The first-order valence-corrected chi connectivity index (χ1v) is 7.07. The van der Waals surface area contributed by atoms with Crippen molar-refractivity contribution in [3.63, 3.8) is 0 Å². The van der Waals surface area contributed by atoms with Crippen LogP contribution in [0.3, 0.4) is 0 Å². The largest absolute Gasteiger partial charge is 0.417 e. The topological polar surface area (TPSA) is 20.3 Å². The van der Waals surface area contributed by atoms with E-state index in [0.29, 0.717) is 11.1 Å². The third-order valence-corrected chi connectivity index (χ3v) is 3.89. The summed E-state index contributed by atoms with van der Waals surface area (Å²) >= 11 is 5.77. The molecule has 1 heterocycles. The first-order valence-electron chi connectivity index (χ1n) is 6.69. The number of hydrogen-bond acceptors (Lipinski definition) is 1.